The smallest absolute Gasteiger partial charge is 0.276 e. The third-order valence-electron chi connectivity index (χ3n) is 3.92. The first-order chi connectivity index (χ1) is 13.6. The van der Waals surface area contributed by atoms with E-state index in [0.29, 0.717) is 34.4 Å². The minimum absolute atomic E-state index is 0.179. The summed E-state index contributed by atoms with van der Waals surface area (Å²) >= 11 is 0. The average Bonchev–Trinajstić information content (AvgIpc) is 2.74. The van der Waals surface area contributed by atoms with Crippen LogP contribution in [0.3, 0.4) is 0 Å². The van der Waals surface area contributed by atoms with Gasteiger partial charge in [-0.25, -0.2) is 0 Å². The largest absolute Gasteiger partial charge is 0.497 e. The number of carbonyl (C=O) groups excluding carboxylic acids is 1. The van der Waals surface area contributed by atoms with Crippen molar-refractivity contribution in [2.24, 2.45) is 0 Å². The Morgan fingerprint density at radius 1 is 0.821 bits per heavy atom. The standard InChI is InChI=1S/C20H20N4O4/c1-26-13-8-9-15(18(12-13)28-3)21-19-11-10-16(23-24-19)20(25)22-14-6-4-5-7-17(14)27-2/h4-12H,1-3H3,(H,21,24)(H,22,25). The van der Waals surface area contributed by atoms with Crippen LogP contribution in [0, 0.1) is 0 Å². The monoisotopic (exact) mass is 380 g/mol. The lowest BCUT2D eigenvalue weighted by Crippen LogP contribution is -2.15. The molecule has 0 saturated carbocycles. The normalized spacial score (nSPS) is 10.1. The summed E-state index contributed by atoms with van der Waals surface area (Å²) in [5, 5.41) is 13.9. The number of hydrogen-bond donors (Lipinski definition) is 2. The van der Waals surface area contributed by atoms with E-state index in [1.165, 1.54) is 0 Å². The second-order valence-electron chi connectivity index (χ2n) is 5.65. The molecule has 0 saturated heterocycles. The molecule has 0 bridgehead atoms. The van der Waals surface area contributed by atoms with Gasteiger partial charge < -0.3 is 24.8 Å². The van der Waals surface area contributed by atoms with Gasteiger partial charge in [0.25, 0.3) is 5.91 Å². The van der Waals surface area contributed by atoms with Gasteiger partial charge in [-0.3, -0.25) is 4.79 Å². The molecule has 28 heavy (non-hydrogen) atoms. The van der Waals surface area contributed by atoms with Crippen molar-refractivity contribution in [1.29, 1.82) is 0 Å². The van der Waals surface area contributed by atoms with Gasteiger partial charge in [-0.05, 0) is 36.4 Å². The molecule has 0 radical (unpaired) electrons. The van der Waals surface area contributed by atoms with Crippen molar-refractivity contribution in [3.05, 3.63) is 60.3 Å². The van der Waals surface area contributed by atoms with Gasteiger partial charge in [0.05, 0.1) is 32.7 Å². The summed E-state index contributed by atoms with van der Waals surface area (Å²) in [6, 6.07) is 15.7. The van der Waals surface area contributed by atoms with E-state index < -0.39 is 0 Å². The summed E-state index contributed by atoms with van der Waals surface area (Å²) in [6.07, 6.45) is 0. The van der Waals surface area contributed by atoms with Gasteiger partial charge in [0.15, 0.2) is 11.5 Å². The summed E-state index contributed by atoms with van der Waals surface area (Å²) in [5.41, 5.74) is 1.43. The number of methoxy groups -OCH3 is 3. The fraction of sp³-hybridized carbons (Fsp3) is 0.150. The van der Waals surface area contributed by atoms with Gasteiger partial charge in [0, 0.05) is 6.07 Å². The highest BCUT2D eigenvalue weighted by Gasteiger charge is 2.12. The first kappa shape index (κ1) is 19.0. The molecule has 0 aliphatic carbocycles. The number of benzene rings is 2. The molecule has 0 atom stereocenters. The quantitative estimate of drug-likeness (QED) is 0.648. The van der Waals surface area contributed by atoms with E-state index in [0.717, 1.165) is 0 Å². The highest BCUT2D eigenvalue weighted by molar-refractivity contribution is 6.03. The van der Waals surface area contributed by atoms with E-state index in [4.69, 9.17) is 14.2 Å². The molecule has 0 fully saturated rings. The number of rotatable bonds is 7. The molecule has 1 aromatic heterocycles. The molecule has 1 amide bonds. The Labute approximate surface area is 162 Å². The molecular weight excluding hydrogens is 360 g/mol. The minimum Gasteiger partial charge on any atom is -0.497 e. The number of ether oxygens (including phenoxy) is 3. The third kappa shape index (κ3) is 4.29. The van der Waals surface area contributed by atoms with Crippen LogP contribution in [0.15, 0.2) is 54.6 Å². The summed E-state index contributed by atoms with van der Waals surface area (Å²) < 4.78 is 15.7. The molecule has 0 aliphatic heterocycles. The second-order valence-corrected chi connectivity index (χ2v) is 5.65. The molecule has 0 aliphatic rings. The third-order valence-corrected chi connectivity index (χ3v) is 3.92. The van der Waals surface area contributed by atoms with E-state index in [1.807, 2.05) is 12.1 Å². The van der Waals surface area contributed by atoms with Crippen LogP contribution in [0.4, 0.5) is 17.2 Å². The molecule has 0 unspecified atom stereocenters. The molecule has 3 aromatic rings. The summed E-state index contributed by atoms with van der Waals surface area (Å²) in [4.78, 5) is 12.4. The molecule has 2 aromatic carbocycles. The predicted octanol–water partition coefficient (Wildman–Crippen LogP) is 3.50. The second kappa shape index (κ2) is 8.72. The summed E-state index contributed by atoms with van der Waals surface area (Å²) in [6.45, 7) is 0. The lowest BCUT2D eigenvalue weighted by molar-refractivity contribution is 0.102. The van der Waals surface area contributed by atoms with Crippen LogP contribution in [0.2, 0.25) is 0 Å². The molecule has 8 heteroatoms. The zero-order chi connectivity index (χ0) is 19.9. The Kier molecular flexibility index (Phi) is 5.91. The average molecular weight is 380 g/mol. The lowest BCUT2D eigenvalue weighted by Gasteiger charge is -2.12. The van der Waals surface area contributed by atoms with Gasteiger partial charge in [0.1, 0.15) is 17.2 Å². The number of nitrogens with one attached hydrogen (secondary N) is 2. The van der Waals surface area contributed by atoms with Crippen molar-refractivity contribution in [2.75, 3.05) is 32.0 Å². The maximum atomic E-state index is 12.4. The van der Waals surface area contributed by atoms with Crippen LogP contribution in [-0.4, -0.2) is 37.4 Å². The van der Waals surface area contributed by atoms with Gasteiger partial charge in [0.2, 0.25) is 0 Å². The van der Waals surface area contributed by atoms with Crippen LogP contribution < -0.4 is 24.8 Å². The number of carbonyl (C=O) groups is 1. The first-order valence-corrected chi connectivity index (χ1v) is 8.41. The Hall–Kier alpha value is -3.81. The van der Waals surface area contributed by atoms with Gasteiger partial charge >= 0.3 is 0 Å². The molecule has 3 rings (SSSR count). The minimum atomic E-state index is -0.384. The molecular formula is C20H20N4O4. The van der Waals surface area contributed by atoms with E-state index in [1.54, 1.807) is 63.8 Å². The van der Waals surface area contributed by atoms with Gasteiger partial charge in [-0.2, -0.15) is 0 Å². The van der Waals surface area contributed by atoms with Crippen LogP contribution in [0.1, 0.15) is 10.5 Å². The number of amides is 1. The number of para-hydroxylation sites is 2. The predicted molar refractivity (Wildman–Crippen MR) is 106 cm³/mol. The van der Waals surface area contributed by atoms with Gasteiger partial charge in [-0.15, -0.1) is 10.2 Å². The SMILES string of the molecule is COc1ccc(Nc2ccc(C(=O)Nc3ccccc3OC)nn2)c(OC)c1. The fourth-order valence-corrected chi connectivity index (χ4v) is 2.49. The lowest BCUT2D eigenvalue weighted by atomic mass is 10.2. The Morgan fingerprint density at radius 2 is 1.61 bits per heavy atom. The van der Waals surface area contributed by atoms with E-state index in [2.05, 4.69) is 20.8 Å². The number of aromatic nitrogens is 2. The number of anilines is 3. The zero-order valence-corrected chi connectivity index (χ0v) is 15.7. The molecule has 8 nitrogen and oxygen atoms in total. The van der Waals surface area contributed by atoms with Crippen LogP contribution >= 0.6 is 0 Å². The first-order valence-electron chi connectivity index (χ1n) is 8.41. The fourth-order valence-electron chi connectivity index (χ4n) is 2.49. The van der Waals surface area contributed by atoms with Crippen molar-refractivity contribution in [1.82, 2.24) is 10.2 Å². The van der Waals surface area contributed by atoms with E-state index in [-0.39, 0.29) is 11.6 Å². The molecule has 144 valence electrons. The van der Waals surface area contributed by atoms with Crippen molar-refractivity contribution in [3.8, 4) is 17.2 Å². The Bertz CT molecular complexity index is 961. The highest BCUT2D eigenvalue weighted by Crippen LogP contribution is 2.31. The maximum Gasteiger partial charge on any atom is 0.276 e. The topological polar surface area (TPSA) is 94.6 Å². The van der Waals surface area contributed by atoms with Crippen LogP contribution in [0.25, 0.3) is 0 Å². The Balaban J connectivity index is 1.72. The number of nitrogens with zero attached hydrogens (tertiary/aromatic N) is 2. The van der Waals surface area contributed by atoms with Crippen LogP contribution in [0.5, 0.6) is 17.2 Å². The van der Waals surface area contributed by atoms with E-state index >= 15 is 0 Å². The number of hydrogen-bond acceptors (Lipinski definition) is 7. The summed E-state index contributed by atoms with van der Waals surface area (Å²) in [7, 11) is 4.69. The van der Waals surface area contributed by atoms with Gasteiger partial charge in [-0.1, -0.05) is 12.1 Å². The van der Waals surface area contributed by atoms with Crippen molar-refractivity contribution in [2.45, 2.75) is 0 Å². The van der Waals surface area contributed by atoms with Crippen LogP contribution in [-0.2, 0) is 0 Å². The van der Waals surface area contributed by atoms with Crippen molar-refractivity contribution >= 4 is 23.1 Å². The van der Waals surface area contributed by atoms with Crippen molar-refractivity contribution < 1.29 is 19.0 Å². The molecule has 2 N–H and O–H groups in total. The van der Waals surface area contributed by atoms with E-state index in [9.17, 15) is 4.79 Å². The zero-order valence-electron chi connectivity index (χ0n) is 15.7. The molecule has 0 spiro atoms. The van der Waals surface area contributed by atoms with Crippen molar-refractivity contribution in [3.63, 3.8) is 0 Å². The maximum absolute atomic E-state index is 12.4. The Morgan fingerprint density at radius 3 is 2.29 bits per heavy atom. The molecule has 1 heterocycles. The summed E-state index contributed by atoms with van der Waals surface area (Å²) in [5.74, 6) is 1.92. The highest BCUT2D eigenvalue weighted by atomic mass is 16.5.